The van der Waals surface area contributed by atoms with Gasteiger partial charge in [-0.15, -0.1) is 0 Å². The average molecular weight is 238 g/mol. The predicted octanol–water partition coefficient (Wildman–Crippen LogP) is 2.58. The Morgan fingerprint density at radius 2 is 1.78 bits per heavy atom. The molecule has 0 aromatic heterocycles. The third-order valence-electron chi connectivity index (χ3n) is 2.36. The van der Waals surface area contributed by atoms with Gasteiger partial charge >= 0.3 is 0 Å². The highest BCUT2D eigenvalue weighted by Crippen LogP contribution is 2.18. The smallest absolute Gasteiger partial charge is 0.270 e. The lowest BCUT2D eigenvalue weighted by Gasteiger charge is -1.97. The normalized spacial score (nSPS) is 9.33. The zero-order chi connectivity index (χ0) is 13.0. The Morgan fingerprint density at radius 1 is 1.06 bits per heavy atom. The molecule has 0 saturated heterocycles. The van der Waals surface area contributed by atoms with Crippen LogP contribution in [0, 0.1) is 22.0 Å². The largest absolute Gasteiger partial charge is 0.398 e. The SMILES string of the molecule is Nc1ccc([N+](=O)[O-])cc1C#Cc1ccccc1. The van der Waals surface area contributed by atoms with E-state index >= 15 is 0 Å². The third kappa shape index (κ3) is 2.66. The number of nitrogens with zero attached hydrogens (tertiary/aromatic N) is 1. The molecule has 0 aliphatic heterocycles. The first-order chi connectivity index (χ1) is 8.66. The molecule has 0 unspecified atom stereocenters. The van der Waals surface area contributed by atoms with E-state index in [1.807, 2.05) is 30.3 Å². The lowest BCUT2D eigenvalue weighted by atomic mass is 10.1. The topological polar surface area (TPSA) is 69.2 Å². The van der Waals surface area contributed by atoms with Crippen molar-refractivity contribution in [2.45, 2.75) is 0 Å². The van der Waals surface area contributed by atoms with E-state index in [9.17, 15) is 10.1 Å². The van der Waals surface area contributed by atoms with E-state index < -0.39 is 4.92 Å². The summed E-state index contributed by atoms with van der Waals surface area (Å²) < 4.78 is 0. The van der Waals surface area contributed by atoms with Crippen LogP contribution in [0.4, 0.5) is 11.4 Å². The Bertz CT molecular complexity index is 640. The Balaban J connectivity index is 2.38. The number of nitro groups is 1. The fraction of sp³-hybridized carbons (Fsp3) is 0. The second kappa shape index (κ2) is 5.02. The molecule has 0 amide bonds. The number of non-ortho nitro benzene ring substituents is 1. The summed E-state index contributed by atoms with van der Waals surface area (Å²) in [6, 6.07) is 13.6. The molecule has 2 aromatic carbocycles. The van der Waals surface area contributed by atoms with Crippen molar-refractivity contribution in [3.63, 3.8) is 0 Å². The molecule has 2 aromatic rings. The van der Waals surface area contributed by atoms with Gasteiger partial charge in [-0.25, -0.2) is 0 Å². The van der Waals surface area contributed by atoms with Gasteiger partial charge in [-0.3, -0.25) is 10.1 Å². The molecule has 0 spiro atoms. The standard InChI is InChI=1S/C14H10N2O2/c15-14-9-8-13(16(17)18)10-12(14)7-6-11-4-2-1-3-5-11/h1-5,8-10H,15H2. The monoisotopic (exact) mass is 238 g/mol. The third-order valence-corrected chi connectivity index (χ3v) is 2.36. The Labute approximate surface area is 104 Å². The van der Waals surface area contributed by atoms with Gasteiger partial charge in [0, 0.05) is 23.4 Å². The number of nitrogen functional groups attached to an aromatic ring is 1. The van der Waals surface area contributed by atoms with Crippen molar-refractivity contribution in [1.29, 1.82) is 0 Å². The highest BCUT2D eigenvalue weighted by molar-refractivity contribution is 5.61. The van der Waals surface area contributed by atoms with Crippen molar-refractivity contribution in [3.8, 4) is 11.8 Å². The van der Waals surface area contributed by atoms with Crippen LogP contribution in [0.1, 0.15) is 11.1 Å². The maximum Gasteiger partial charge on any atom is 0.270 e. The predicted molar refractivity (Wildman–Crippen MR) is 69.9 cm³/mol. The lowest BCUT2D eigenvalue weighted by Crippen LogP contribution is -1.93. The van der Waals surface area contributed by atoms with Gasteiger partial charge in [0.1, 0.15) is 0 Å². The maximum absolute atomic E-state index is 10.7. The molecule has 0 fully saturated rings. The number of benzene rings is 2. The number of nitrogens with two attached hydrogens (primary N) is 1. The summed E-state index contributed by atoms with van der Waals surface area (Å²) in [6.07, 6.45) is 0. The van der Waals surface area contributed by atoms with Crippen LogP contribution in [0.3, 0.4) is 0 Å². The highest BCUT2D eigenvalue weighted by atomic mass is 16.6. The van der Waals surface area contributed by atoms with Crippen LogP contribution in [-0.2, 0) is 0 Å². The Morgan fingerprint density at radius 3 is 2.44 bits per heavy atom. The lowest BCUT2D eigenvalue weighted by molar-refractivity contribution is -0.384. The molecule has 0 atom stereocenters. The second-order valence-electron chi connectivity index (χ2n) is 3.64. The summed E-state index contributed by atoms with van der Waals surface area (Å²) >= 11 is 0. The van der Waals surface area contributed by atoms with Gasteiger partial charge < -0.3 is 5.73 Å². The molecule has 0 aliphatic carbocycles. The Kier molecular flexibility index (Phi) is 3.26. The molecular formula is C14H10N2O2. The molecule has 0 saturated carbocycles. The van der Waals surface area contributed by atoms with Crippen LogP contribution >= 0.6 is 0 Å². The van der Waals surface area contributed by atoms with Crippen molar-refractivity contribution in [1.82, 2.24) is 0 Å². The molecular weight excluding hydrogens is 228 g/mol. The summed E-state index contributed by atoms with van der Waals surface area (Å²) in [6.45, 7) is 0. The van der Waals surface area contributed by atoms with E-state index in [2.05, 4.69) is 11.8 Å². The summed E-state index contributed by atoms with van der Waals surface area (Å²) in [4.78, 5) is 10.2. The molecule has 2 rings (SSSR count). The van der Waals surface area contributed by atoms with Crippen molar-refractivity contribution >= 4 is 11.4 Å². The van der Waals surface area contributed by atoms with Gasteiger partial charge in [-0.2, -0.15) is 0 Å². The number of hydrogen-bond acceptors (Lipinski definition) is 3. The van der Waals surface area contributed by atoms with Crippen molar-refractivity contribution in [3.05, 3.63) is 69.8 Å². The van der Waals surface area contributed by atoms with E-state index in [0.717, 1.165) is 5.56 Å². The first-order valence-electron chi connectivity index (χ1n) is 5.28. The van der Waals surface area contributed by atoms with Crippen molar-refractivity contribution in [2.75, 3.05) is 5.73 Å². The van der Waals surface area contributed by atoms with Crippen LogP contribution in [0.25, 0.3) is 0 Å². The minimum Gasteiger partial charge on any atom is -0.398 e. The van der Waals surface area contributed by atoms with E-state index in [4.69, 9.17) is 5.73 Å². The molecule has 2 N–H and O–H groups in total. The van der Waals surface area contributed by atoms with Gasteiger partial charge in [0.05, 0.1) is 10.5 Å². The number of nitro benzene ring substituents is 1. The van der Waals surface area contributed by atoms with E-state index in [1.165, 1.54) is 18.2 Å². The van der Waals surface area contributed by atoms with Gasteiger partial charge in [-0.1, -0.05) is 30.0 Å². The first-order valence-corrected chi connectivity index (χ1v) is 5.28. The summed E-state index contributed by atoms with van der Waals surface area (Å²) in [5, 5.41) is 10.7. The summed E-state index contributed by atoms with van der Waals surface area (Å²) in [7, 11) is 0. The fourth-order valence-corrected chi connectivity index (χ4v) is 1.43. The van der Waals surface area contributed by atoms with Gasteiger partial charge in [-0.05, 0) is 18.2 Å². The minimum absolute atomic E-state index is 0.0124. The van der Waals surface area contributed by atoms with Crippen LogP contribution in [0.5, 0.6) is 0 Å². The quantitative estimate of drug-likeness (QED) is 0.359. The maximum atomic E-state index is 10.7. The van der Waals surface area contributed by atoms with Gasteiger partial charge in [0.25, 0.3) is 5.69 Å². The van der Waals surface area contributed by atoms with Crippen LogP contribution in [-0.4, -0.2) is 4.92 Å². The van der Waals surface area contributed by atoms with Crippen molar-refractivity contribution in [2.24, 2.45) is 0 Å². The molecule has 0 aliphatic rings. The zero-order valence-electron chi connectivity index (χ0n) is 9.46. The molecule has 4 heteroatoms. The van der Waals surface area contributed by atoms with Crippen LogP contribution < -0.4 is 5.73 Å². The first kappa shape index (κ1) is 11.7. The average Bonchev–Trinajstić information content (AvgIpc) is 2.38. The van der Waals surface area contributed by atoms with Gasteiger partial charge in [0.15, 0.2) is 0 Å². The number of hydrogen-bond donors (Lipinski definition) is 1. The van der Waals surface area contributed by atoms with Crippen LogP contribution in [0.2, 0.25) is 0 Å². The molecule has 88 valence electrons. The summed E-state index contributed by atoms with van der Waals surface area (Å²) in [5.41, 5.74) is 7.45. The van der Waals surface area contributed by atoms with E-state index in [-0.39, 0.29) is 5.69 Å². The van der Waals surface area contributed by atoms with E-state index in [1.54, 1.807) is 0 Å². The van der Waals surface area contributed by atoms with Crippen LogP contribution in [0.15, 0.2) is 48.5 Å². The van der Waals surface area contributed by atoms with Crippen molar-refractivity contribution < 1.29 is 4.92 Å². The summed E-state index contributed by atoms with van der Waals surface area (Å²) in [5.74, 6) is 5.76. The molecule has 0 heterocycles. The fourth-order valence-electron chi connectivity index (χ4n) is 1.43. The molecule has 18 heavy (non-hydrogen) atoms. The van der Waals surface area contributed by atoms with E-state index in [0.29, 0.717) is 11.3 Å². The molecule has 4 nitrogen and oxygen atoms in total. The second-order valence-corrected chi connectivity index (χ2v) is 3.64. The molecule has 0 radical (unpaired) electrons. The highest BCUT2D eigenvalue weighted by Gasteiger charge is 2.07. The zero-order valence-corrected chi connectivity index (χ0v) is 9.46. The number of anilines is 1. The van der Waals surface area contributed by atoms with Gasteiger partial charge in [0.2, 0.25) is 0 Å². The minimum atomic E-state index is -0.465. The molecule has 0 bridgehead atoms. The number of rotatable bonds is 1. The Hall–Kier alpha value is -2.80.